The zero-order valence-corrected chi connectivity index (χ0v) is 15.5. The summed E-state index contributed by atoms with van der Waals surface area (Å²) in [5, 5.41) is 6.53. The van der Waals surface area contributed by atoms with E-state index in [0.717, 1.165) is 17.0 Å². The fourth-order valence-corrected chi connectivity index (χ4v) is 2.59. The van der Waals surface area contributed by atoms with Crippen LogP contribution in [0, 0.1) is 0 Å². The number of ether oxygens (including phenoxy) is 3. The van der Waals surface area contributed by atoms with Crippen molar-refractivity contribution in [2.45, 2.75) is 6.54 Å². The van der Waals surface area contributed by atoms with Gasteiger partial charge in [0.15, 0.2) is 11.5 Å². The molecule has 0 aliphatic rings. The number of hydrogen-bond acceptors (Lipinski definition) is 7. The summed E-state index contributed by atoms with van der Waals surface area (Å²) in [6.45, 7) is 0.589. The molecule has 1 aromatic heterocycles. The van der Waals surface area contributed by atoms with Crippen LogP contribution in [-0.4, -0.2) is 31.3 Å². The van der Waals surface area contributed by atoms with Gasteiger partial charge in [0, 0.05) is 12.6 Å². The molecule has 140 valence electrons. The molecule has 0 aliphatic carbocycles. The summed E-state index contributed by atoms with van der Waals surface area (Å²) in [7, 11) is 4.87. The predicted octanol–water partition coefficient (Wildman–Crippen LogP) is 3.86. The third-order valence-corrected chi connectivity index (χ3v) is 3.96. The van der Waals surface area contributed by atoms with Gasteiger partial charge in [-0.1, -0.05) is 18.2 Å². The Morgan fingerprint density at radius 3 is 2.30 bits per heavy atom. The van der Waals surface area contributed by atoms with Crippen molar-refractivity contribution in [1.82, 2.24) is 9.97 Å². The normalized spacial score (nSPS) is 10.2. The van der Waals surface area contributed by atoms with Crippen LogP contribution < -0.4 is 24.8 Å². The summed E-state index contributed by atoms with van der Waals surface area (Å²) >= 11 is 0. The van der Waals surface area contributed by atoms with Crippen LogP contribution in [0.2, 0.25) is 0 Å². The van der Waals surface area contributed by atoms with Gasteiger partial charge in [-0.15, -0.1) is 0 Å². The number of benzene rings is 2. The molecule has 2 aromatic carbocycles. The van der Waals surface area contributed by atoms with E-state index in [1.54, 1.807) is 21.3 Å². The molecule has 0 fully saturated rings. The second-order valence-electron chi connectivity index (χ2n) is 5.66. The lowest BCUT2D eigenvalue weighted by atomic mass is 10.2. The highest BCUT2D eigenvalue weighted by atomic mass is 16.5. The molecule has 0 amide bonds. The molecule has 7 nitrogen and oxygen atoms in total. The number of nitrogens with zero attached hydrogens (tertiary/aromatic N) is 2. The topological polar surface area (TPSA) is 77.5 Å². The van der Waals surface area contributed by atoms with Gasteiger partial charge in [0.25, 0.3) is 0 Å². The van der Waals surface area contributed by atoms with E-state index in [1.807, 2.05) is 48.5 Å². The van der Waals surface area contributed by atoms with E-state index in [9.17, 15) is 0 Å². The molecular weight excluding hydrogens is 344 g/mol. The van der Waals surface area contributed by atoms with Gasteiger partial charge in [0.2, 0.25) is 0 Å². The molecule has 0 saturated carbocycles. The third-order valence-electron chi connectivity index (χ3n) is 3.96. The van der Waals surface area contributed by atoms with E-state index in [-0.39, 0.29) is 0 Å². The van der Waals surface area contributed by atoms with E-state index >= 15 is 0 Å². The number of anilines is 3. The molecule has 7 heteroatoms. The number of nitrogens with one attached hydrogen (secondary N) is 2. The molecule has 0 saturated heterocycles. The summed E-state index contributed by atoms with van der Waals surface area (Å²) in [5.41, 5.74) is 1.88. The third kappa shape index (κ3) is 4.58. The van der Waals surface area contributed by atoms with E-state index < -0.39 is 0 Å². The van der Waals surface area contributed by atoms with Crippen LogP contribution in [-0.2, 0) is 6.54 Å². The standard InChI is InChI=1S/C20H22N4O3/c1-25-16-7-5-4-6-15(16)24-20-11-19(22-13-23-20)21-12-14-8-9-17(26-2)18(10-14)27-3/h4-11,13H,12H2,1-3H3,(H2,21,22,23,24). The first kappa shape index (κ1) is 18.3. The molecule has 0 atom stereocenters. The van der Waals surface area contributed by atoms with Crippen molar-refractivity contribution < 1.29 is 14.2 Å². The minimum atomic E-state index is 0.589. The SMILES string of the molecule is COc1ccccc1Nc1cc(NCc2ccc(OC)c(OC)c2)ncn1. The maximum atomic E-state index is 5.35. The average Bonchev–Trinajstić information content (AvgIpc) is 2.72. The minimum absolute atomic E-state index is 0.589. The van der Waals surface area contributed by atoms with Crippen molar-refractivity contribution in [3.8, 4) is 17.2 Å². The number of aromatic nitrogens is 2. The van der Waals surface area contributed by atoms with Gasteiger partial charge in [0.1, 0.15) is 23.7 Å². The van der Waals surface area contributed by atoms with E-state index in [4.69, 9.17) is 14.2 Å². The zero-order valence-electron chi connectivity index (χ0n) is 15.5. The molecule has 3 rings (SSSR count). The van der Waals surface area contributed by atoms with Crippen molar-refractivity contribution in [3.05, 3.63) is 60.4 Å². The number of para-hydroxylation sites is 2. The van der Waals surface area contributed by atoms with Crippen LogP contribution in [0.1, 0.15) is 5.56 Å². The molecule has 0 unspecified atom stereocenters. The molecule has 0 bridgehead atoms. The Hall–Kier alpha value is -3.48. The first-order valence-corrected chi connectivity index (χ1v) is 8.40. The van der Waals surface area contributed by atoms with Gasteiger partial charge in [-0.25, -0.2) is 9.97 Å². The van der Waals surface area contributed by atoms with Crippen LogP contribution in [0.3, 0.4) is 0 Å². The van der Waals surface area contributed by atoms with Gasteiger partial charge in [0.05, 0.1) is 27.0 Å². The maximum absolute atomic E-state index is 5.35. The number of hydrogen-bond donors (Lipinski definition) is 2. The predicted molar refractivity (Wildman–Crippen MR) is 105 cm³/mol. The summed E-state index contributed by atoms with van der Waals surface area (Å²) in [4.78, 5) is 8.53. The molecule has 2 N–H and O–H groups in total. The largest absolute Gasteiger partial charge is 0.495 e. The Kier molecular flexibility index (Phi) is 5.94. The zero-order chi connectivity index (χ0) is 19.1. The quantitative estimate of drug-likeness (QED) is 0.627. The van der Waals surface area contributed by atoms with Crippen molar-refractivity contribution >= 4 is 17.3 Å². The van der Waals surface area contributed by atoms with Crippen molar-refractivity contribution in [3.63, 3.8) is 0 Å². The summed E-state index contributed by atoms with van der Waals surface area (Å²) < 4.78 is 15.9. The maximum Gasteiger partial charge on any atom is 0.161 e. The molecule has 27 heavy (non-hydrogen) atoms. The lowest BCUT2D eigenvalue weighted by molar-refractivity contribution is 0.354. The molecular formula is C20H22N4O3. The molecule has 0 radical (unpaired) electrons. The highest BCUT2D eigenvalue weighted by Gasteiger charge is 2.06. The van der Waals surface area contributed by atoms with Gasteiger partial charge in [-0.05, 0) is 29.8 Å². The van der Waals surface area contributed by atoms with Gasteiger partial charge >= 0.3 is 0 Å². The Bertz CT molecular complexity index is 902. The molecule has 3 aromatic rings. The van der Waals surface area contributed by atoms with Crippen LogP contribution >= 0.6 is 0 Å². The second kappa shape index (κ2) is 8.75. The summed E-state index contributed by atoms with van der Waals surface area (Å²) in [5.74, 6) is 3.52. The van der Waals surface area contributed by atoms with E-state index in [1.165, 1.54) is 6.33 Å². The Labute approximate surface area is 158 Å². The Balaban J connectivity index is 1.69. The Morgan fingerprint density at radius 2 is 1.52 bits per heavy atom. The Morgan fingerprint density at radius 1 is 0.778 bits per heavy atom. The van der Waals surface area contributed by atoms with Crippen LogP contribution in [0.4, 0.5) is 17.3 Å². The van der Waals surface area contributed by atoms with Crippen LogP contribution in [0.15, 0.2) is 54.9 Å². The van der Waals surface area contributed by atoms with Crippen molar-refractivity contribution in [2.24, 2.45) is 0 Å². The minimum Gasteiger partial charge on any atom is -0.495 e. The monoisotopic (exact) mass is 366 g/mol. The first-order valence-electron chi connectivity index (χ1n) is 8.40. The average molecular weight is 366 g/mol. The number of rotatable bonds is 8. The van der Waals surface area contributed by atoms with Crippen molar-refractivity contribution in [2.75, 3.05) is 32.0 Å². The number of methoxy groups -OCH3 is 3. The first-order chi connectivity index (χ1) is 13.2. The summed E-state index contributed by atoms with van der Waals surface area (Å²) in [6.07, 6.45) is 1.51. The second-order valence-corrected chi connectivity index (χ2v) is 5.66. The molecule has 0 spiro atoms. The van der Waals surface area contributed by atoms with E-state index in [0.29, 0.717) is 29.7 Å². The molecule has 1 heterocycles. The highest BCUT2D eigenvalue weighted by molar-refractivity contribution is 5.65. The van der Waals surface area contributed by atoms with Gasteiger partial charge in [-0.3, -0.25) is 0 Å². The lowest BCUT2D eigenvalue weighted by Gasteiger charge is -2.12. The summed E-state index contributed by atoms with van der Waals surface area (Å²) in [6, 6.07) is 15.3. The fraction of sp³-hybridized carbons (Fsp3) is 0.200. The van der Waals surface area contributed by atoms with Gasteiger partial charge < -0.3 is 24.8 Å². The van der Waals surface area contributed by atoms with Crippen molar-refractivity contribution in [1.29, 1.82) is 0 Å². The van der Waals surface area contributed by atoms with Crippen LogP contribution in [0.25, 0.3) is 0 Å². The highest BCUT2D eigenvalue weighted by Crippen LogP contribution is 2.28. The smallest absolute Gasteiger partial charge is 0.161 e. The molecule has 0 aliphatic heterocycles. The van der Waals surface area contributed by atoms with E-state index in [2.05, 4.69) is 20.6 Å². The van der Waals surface area contributed by atoms with Crippen LogP contribution in [0.5, 0.6) is 17.2 Å². The fourth-order valence-electron chi connectivity index (χ4n) is 2.59. The van der Waals surface area contributed by atoms with Gasteiger partial charge in [-0.2, -0.15) is 0 Å². The lowest BCUT2D eigenvalue weighted by Crippen LogP contribution is -2.04.